The number of benzene rings is 5. The van der Waals surface area contributed by atoms with Gasteiger partial charge in [-0.1, -0.05) is 146 Å². The van der Waals surface area contributed by atoms with E-state index in [2.05, 4.69) is 198 Å². The molecule has 0 spiro atoms. The van der Waals surface area contributed by atoms with Crippen LogP contribution in [0.25, 0.3) is 65.9 Å². The lowest BCUT2D eigenvalue weighted by atomic mass is 9.59. The van der Waals surface area contributed by atoms with Gasteiger partial charge in [-0.15, -0.1) is 0 Å². The number of para-hydroxylation sites is 1. The van der Waals surface area contributed by atoms with E-state index < -0.39 is 0 Å². The highest BCUT2D eigenvalue weighted by Crippen LogP contribution is 2.56. The van der Waals surface area contributed by atoms with E-state index >= 15 is 0 Å². The zero-order valence-electron chi connectivity index (χ0n) is 35.7. The Kier molecular flexibility index (Phi) is 6.53. The molecular weight excluding hydrogens is 693 g/mol. The highest BCUT2D eigenvalue weighted by molar-refractivity contribution is 6.15. The molecule has 9 aromatic rings. The first-order valence-corrected chi connectivity index (χ1v) is 20.9. The monoisotopic (exact) mass is 746 g/mol. The van der Waals surface area contributed by atoms with Crippen LogP contribution in [0.3, 0.4) is 0 Å². The summed E-state index contributed by atoms with van der Waals surface area (Å²) in [5.41, 5.74) is 18.6. The van der Waals surface area contributed by atoms with Gasteiger partial charge >= 0.3 is 0 Å². The molecule has 6 heterocycles. The topological polar surface area (TPSA) is 16.6 Å². The fraction of sp³-hybridized carbons (Fsp3) is 0.321. The first-order valence-electron chi connectivity index (χ1n) is 20.9. The SMILES string of the molecule is Cc1cccc2c3ccc(Cc4cccc5c6cccc7c6n6c(c(C)[n+](C)c6c45)C(C)(C)C7(C)C)c4c3n3c(c(-c5ccccc5)[n+](C)c3c12)C(C)(C)C4(C)C. The molecule has 57 heavy (non-hydrogen) atoms. The van der Waals surface area contributed by atoms with Crippen molar-refractivity contribution in [2.75, 3.05) is 0 Å². The van der Waals surface area contributed by atoms with E-state index in [4.69, 9.17) is 0 Å². The first-order chi connectivity index (χ1) is 27.0. The van der Waals surface area contributed by atoms with Gasteiger partial charge in [0.1, 0.15) is 16.7 Å². The lowest BCUT2D eigenvalue weighted by molar-refractivity contribution is -0.650. The maximum Gasteiger partial charge on any atom is 0.295 e. The van der Waals surface area contributed by atoms with E-state index in [0.29, 0.717) is 0 Å². The van der Waals surface area contributed by atoms with E-state index in [-0.39, 0.29) is 21.7 Å². The number of aromatic nitrogens is 4. The largest absolute Gasteiger partial charge is 0.295 e. The number of rotatable bonds is 3. The molecule has 5 aromatic carbocycles. The third-order valence-corrected chi connectivity index (χ3v) is 16.1. The van der Waals surface area contributed by atoms with Crippen LogP contribution >= 0.6 is 0 Å². The summed E-state index contributed by atoms with van der Waals surface area (Å²) in [4.78, 5) is 0. The van der Waals surface area contributed by atoms with Crippen molar-refractivity contribution in [2.24, 2.45) is 14.1 Å². The van der Waals surface area contributed by atoms with Gasteiger partial charge in [-0.2, -0.15) is 8.80 Å². The van der Waals surface area contributed by atoms with Crippen molar-refractivity contribution in [1.82, 2.24) is 8.80 Å². The summed E-state index contributed by atoms with van der Waals surface area (Å²) in [5, 5.41) is 8.07. The van der Waals surface area contributed by atoms with Crippen molar-refractivity contribution in [2.45, 2.75) is 97.3 Å². The molecule has 2 aliphatic heterocycles. The summed E-state index contributed by atoms with van der Waals surface area (Å²) >= 11 is 0. The molecule has 0 saturated heterocycles. The second-order valence-electron chi connectivity index (χ2n) is 19.6. The Bertz CT molecular complexity index is 3290. The lowest BCUT2D eigenvalue weighted by Gasteiger charge is -2.44. The Labute approximate surface area is 336 Å². The molecule has 4 nitrogen and oxygen atoms in total. The van der Waals surface area contributed by atoms with Gasteiger partial charge in [0, 0.05) is 66.8 Å². The van der Waals surface area contributed by atoms with Crippen LogP contribution in [0.5, 0.6) is 0 Å². The van der Waals surface area contributed by atoms with Crippen LogP contribution in [0.1, 0.15) is 100 Å². The third-order valence-electron chi connectivity index (χ3n) is 16.1. The van der Waals surface area contributed by atoms with Gasteiger partial charge in [0.15, 0.2) is 17.1 Å². The quantitative estimate of drug-likeness (QED) is 0.126. The highest BCUT2D eigenvalue weighted by atomic mass is 15.2. The summed E-state index contributed by atoms with van der Waals surface area (Å²) < 4.78 is 10.3. The van der Waals surface area contributed by atoms with E-state index in [1.807, 2.05) is 0 Å². The predicted octanol–water partition coefficient (Wildman–Crippen LogP) is 11.5. The average molecular weight is 747 g/mol. The predicted molar refractivity (Wildman–Crippen MR) is 237 cm³/mol. The number of imidazole rings is 2. The maximum absolute atomic E-state index is 2.69. The van der Waals surface area contributed by atoms with E-state index in [0.717, 1.165) is 6.42 Å². The van der Waals surface area contributed by atoms with Gasteiger partial charge in [0.25, 0.3) is 11.3 Å². The van der Waals surface area contributed by atoms with Crippen molar-refractivity contribution >= 4 is 54.6 Å². The molecule has 0 amide bonds. The minimum absolute atomic E-state index is 0.0363. The second-order valence-corrected chi connectivity index (χ2v) is 19.6. The molecule has 0 bridgehead atoms. The normalized spacial score (nSPS) is 17.4. The summed E-state index contributed by atoms with van der Waals surface area (Å²) in [6.07, 6.45) is 0.846. The third kappa shape index (κ3) is 3.86. The van der Waals surface area contributed by atoms with E-state index in [9.17, 15) is 0 Å². The fourth-order valence-electron chi connectivity index (χ4n) is 11.9. The molecule has 0 atom stereocenters. The zero-order valence-corrected chi connectivity index (χ0v) is 35.7. The number of pyridine rings is 2. The fourth-order valence-corrected chi connectivity index (χ4v) is 11.9. The van der Waals surface area contributed by atoms with Gasteiger partial charge in [-0.25, -0.2) is 9.13 Å². The Balaban J connectivity index is 1.29. The highest BCUT2D eigenvalue weighted by Gasteiger charge is 2.54. The van der Waals surface area contributed by atoms with Gasteiger partial charge in [0.2, 0.25) is 0 Å². The van der Waals surface area contributed by atoms with Crippen molar-refractivity contribution in [1.29, 1.82) is 0 Å². The molecule has 11 rings (SSSR count). The number of aryl methyl sites for hydroxylation is 3. The maximum atomic E-state index is 2.69. The van der Waals surface area contributed by atoms with Gasteiger partial charge in [-0.3, -0.25) is 0 Å². The smallest absolute Gasteiger partial charge is 0.229 e. The first kappa shape index (κ1) is 34.7. The van der Waals surface area contributed by atoms with Gasteiger partial charge < -0.3 is 0 Å². The number of hydrogen-bond acceptors (Lipinski definition) is 0. The molecule has 0 N–H and O–H groups in total. The molecule has 2 aliphatic rings. The minimum Gasteiger partial charge on any atom is -0.229 e. The van der Waals surface area contributed by atoms with Crippen LogP contribution in [0.15, 0.2) is 97.1 Å². The van der Waals surface area contributed by atoms with Gasteiger partial charge in [-0.05, 0) is 36.1 Å². The zero-order chi connectivity index (χ0) is 39.9. The number of hydrogen-bond donors (Lipinski definition) is 0. The van der Waals surface area contributed by atoms with Gasteiger partial charge in [0.05, 0.1) is 24.9 Å². The second kappa shape index (κ2) is 10.7. The van der Waals surface area contributed by atoms with Crippen molar-refractivity contribution in [3.05, 3.63) is 142 Å². The van der Waals surface area contributed by atoms with Crippen LogP contribution < -0.4 is 9.13 Å². The summed E-state index contributed by atoms with van der Waals surface area (Å²) in [7, 11) is 4.58. The Morgan fingerprint density at radius 1 is 0.491 bits per heavy atom. The molecular formula is C53H54N4+2. The molecule has 284 valence electrons. The Morgan fingerprint density at radius 3 is 1.82 bits per heavy atom. The lowest BCUT2D eigenvalue weighted by Crippen LogP contribution is -2.45. The molecule has 0 saturated carbocycles. The number of nitrogens with zero attached hydrogens (tertiary/aromatic N) is 4. The van der Waals surface area contributed by atoms with Crippen LogP contribution in [0.4, 0.5) is 0 Å². The summed E-state index contributed by atoms with van der Waals surface area (Å²) in [6, 6.07) is 37.0. The summed E-state index contributed by atoms with van der Waals surface area (Å²) in [5.74, 6) is 0. The van der Waals surface area contributed by atoms with Crippen LogP contribution in [0, 0.1) is 13.8 Å². The van der Waals surface area contributed by atoms with Crippen LogP contribution in [-0.2, 0) is 42.2 Å². The van der Waals surface area contributed by atoms with Crippen molar-refractivity contribution in [3.63, 3.8) is 0 Å². The molecule has 0 unspecified atom stereocenters. The minimum atomic E-state index is -0.206. The van der Waals surface area contributed by atoms with Crippen molar-refractivity contribution < 1.29 is 9.13 Å². The standard InChI is InChI=1S/C53H54N4/c1-30-19-16-23-35-38-28-27-34(42-45(38)57-47(53(9,10)51(42,5)6)43(32-20-14-13-15-21-32)55(12)48(57)40(30)35)29-33-22-17-24-36-37-25-18-26-39-44(37)56-46(52(7,8)50(39,3)4)31(2)54(11)49(56)41(33)36/h13-28H,29H2,1-12H3/q+2. The molecule has 0 radical (unpaired) electrons. The molecule has 0 fully saturated rings. The van der Waals surface area contributed by atoms with E-state index in [1.54, 1.807) is 0 Å². The Morgan fingerprint density at radius 2 is 1.09 bits per heavy atom. The average Bonchev–Trinajstić information content (AvgIpc) is 3.64. The molecule has 4 aromatic heterocycles. The molecule has 0 aliphatic carbocycles. The number of fused-ring (bicyclic) bond motifs is 6. The van der Waals surface area contributed by atoms with Crippen LogP contribution in [-0.4, -0.2) is 8.80 Å². The van der Waals surface area contributed by atoms with E-state index in [1.165, 1.54) is 111 Å². The summed E-state index contributed by atoms with van der Waals surface area (Å²) in [6.45, 7) is 24.4. The molecule has 4 heteroatoms. The van der Waals surface area contributed by atoms with Crippen molar-refractivity contribution in [3.8, 4) is 11.3 Å². The van der Waals surface area contributed by atoms with Crippen LogP contribution in [0.2, 0.25) is 0 Å². The Hall–Kier alpha value is -5.48.